The Morgan fingerprint density at radius 3 is 2.05 bits per heavy atom. The lowest BCUT2D eigenvalue weighted by atomic mass is 9.87. The summed E-state index contributed by atoms with van der Waals surface area (Å²) in [6.07, 6.45) is -8.17. The summed E-state index contributed by atoms with van der Waals surface area (Å²) < 4.78 is 77.0. The second-order valence-corrected chi connectivity index (χ2v) is 9.92. The number of halogens is 6. The van der Waals surface area contributed by atoms with Gasteiger partial charge in [-0.1, -0.05) is 54.6 Å². The standard InChI is InChI=1S/C27H29F6N3O2/c28-26(29,30)16-36-14-12-18(13-15-36)17-6-8-20(9-7-17)23(19-4-2-1-3-5-19)35-25(38)21-10-11-22(27(31,32)33)34-24(21)37/h1-9,18,21-23H,10-16H2,(H,34,37)(H,35,38). The van der Waals surface area contributed by atoms with Gasteiger partial charge in [0.05, 0.1) is 12.6 Å². The molecule has 3 unspecified atom stereocenters. The van der Waals surface area contributed by atoms with Crippen molar-refractivity contribution < 1.29 is 35.9 Å². The third-order valence-corrected chi connectivity index (χ3v) is 7.24. The van der Waals surface area contributed by atoms with Crippen molar-refractivity contribution in [1.82, 2.24) is 15.5 Å². The molecule has 2 aromatic carbocycles. The molecule has 2 N–H and O–H groups in total. The fourth-order valence-corrected chi connectivity index (χ4v) is 5.19. The fraction of sp³-hybridized carbons (Fsp3) is 0.481. The van der Waals surface area contributed by atoms with Gasteiger partial charge in [0.25, 0.3) is 0 Å². The smallest absolute Gasteiger partial charge is 0.344 e. The van der Waals surface area contributed by atoms with Crippen LogP contribution in [-0.4, -0.2) is 54.7 Å². The molecule has 3 atom stereocenters. The molecule has 11 heteroatoms. The molecule has 2 fully saturated rings. The van der Waals surface area contributed by atoms with E-state index in [1.54, 1.807) is 24.3 Å². The van der Waals surface area contributed by atoms with Crippen LogP contribution in [0, 0.1) is 5.92 Å². The first kappa shape index (κ1) is 27.9. The van der Waals surface area contributed by atoms with Gasteiger partial charge >= 0.3 is 12.4 Å². The van der Waals surface area contributed by atoms with Crippen molar-refractivity contribution in [2.24, 2.45) is 5.92 Å². The molecule has 2 amide bonds. The molecule has 0 saturated carbocycles. The number of amides is 2. The largest absolute Gasteiger partial charge is 0.408 e. The van der Waals surface area contributed by atoms with Gasteiger partial charge in [-0.3, -0.25) is 14.5 Å². The molecule has 0 aromatic heterocycles. The Morgan fingerprint density at radius 2 is 1.50 bits per heavy atom. The molecular weight excluding hydrogens is 512 g/mol. The molecule has 2 aliphatic rings. The third-order valence-electron chi connectivity index (χ3n) is 7.24. The van der Waals surface area contributed by atoms with Crippen molar-refractivity contribution in [3.63, 3.8) is 0 Å². The van der Waals surface area contributed by atoms with Crippen LogP contribution in [0.1, 0.15) is 54.3 Å². The highest BCUT2D eigenvalue weighted by molar-refractivity contribution is 6.01. The molecule has 206 valence electrons. The van der Waals surface area contributed by atoms with Gasteiger partial charge in [0.15, 0.2) is 0 Å². The SMILES string of the molecule is O=C(NC(c1ccccc1)c1ccc(C2CCN(CC(F)(F)F)CC2)cc1)C1CCC(C(F)(F)F)NC1=O. The molecular formula is C27H29F6N3O2. The first-order valence-electron chi connectivity index (χ1n) is 12.5. The average Bonchev–Trinajstić information content (AvgIpc) is 2.87. The number of benzene rings is 2. The summed E-state index contributed by atoms with van der Waals surface area (Å²) >= 11 is 0. The van der Waals surface area contributed by atoms with Gasteiger partial charge in [0.2, 0.25) is 11.8 Å². The lowest BCUT2D eigenvalue weighted by molar-refractivity contribution is -0.171. The minimum absolute atomic E-state index is 0.116. The van der Waals surface area contributed by atoms with E-state index < -0.39 is 48.7 Å². The van der Waals surface area contributed by atoms with Crippen molar-refractivity contribution in [3.05, 3.63) is 71.3 Å². The van der Waals surface area contributed by atoms with Gasteiger partial charge in [0, 0.05) is 0 Å². The number of hydrogen-bond acceptors (Lipinski definition) is 3. The molecule has 2 heterocycles. The number of likely N-dealkylation sites (tertiary alicyclic amines) is 1. The van der Waals surface area contributed by atoms with Crippen molar-refractivity contribution in [2.75, 3.05) is 19.6 Å². The summed E-state index contributed by atoms with van der Waals surface area (Å²) in [6, 6.07) is 13.8. The van der Waals surface area contributed by atoms with Gasteiger partial charge in [-0.05, 0) is 61.4 Å². The zero-order valence-corrected chi connectivity index (χ0v) is 20.5. The second kappa shape index (κ2) is 11.3. The summed E-state index contributed by atoms with van der Waals surface area (Å²) in [5.41, 5.74) is 2.44. The first-order chi connectivity index (χ1) is 17.9. The van der Waals surface area contributed by atoms with Crippen molar-refractivity contribution in [2.45, 2.75) is 56.0 Å². The zero-order valence-electron chi connectivity index (χ0n) is 20.5. The third kappa shape index (κ3) is 7.06. The van der Waals surface area contributed by atoms with Crippen LogP contribution in [0.2, 0.25) is 0 Å². The molecule has 0 bridgehead atoms. The normalized spacial score (nSPS) is 22.5. The van der Waals surface area contributed by atoms with Crippen LogP contribution in [0.4, 0.5) is 26.3 Å². The Balaban J connectivity index is 1.45. The van der Waals surface area contributed by atoms with Crippen molar-refractivity contribution in [1.29, 1.82) is 0 Å². The first-order valence-corrected chi connectivity index (χ1v) is 12.5. The number of nitrogens with zero attached hydrogens (tertiary/aromatic N) is 1. The van der Waals surface area contributed by atoms with Crippen LogP contribution in [0.5, 0.6) is 0 Å². The average molecular weight is 542 g/mol. The maximum Gasteiger partial charge on any atom is 0.408 e. The maximum absolute atomic E-state index is 13.0. The van der Waals surface area contributed by atoms with Gasteiger partial charge < -0.3 is 10.6 Å². The number of carbonyl (C=O) groups is 2. The predicted octanol–water partition coefficient (Wildman–Crippen LogP) is 5.09. The summed E-state index contributed by atoms with van der Waals surface area (Å²) in [5.74, 6) is -2.72. The van der Waals surface area contributed by atoms with E-state index in [4.69, 9.17) is 0 Å². The summed E-state index contributed by atoms with van der Waals surface area (Å²) in [6.45, 7) is -0.201. The molecule has 0 radical (unpaired) electrons. The van der Waals surface area contributed by atoms with E-state index in [9.17, 15) is 35.9 Å². The summed E-state index contributed by atoms with van der Waals surface area (Å²) in [5, 5.41) is 4.74. The molecule has 2 aliphatic heterocycles. The van der Waals surface area contributed by atoms with Crippen molar-refractivity contribution >= 4 is 11.8 Å². The van der Waals surface area contributed by atoms with Gasteiger partial charge in [0.1, 0.15) is 12.0 Å². The Kier molecular flexibility index (Phi) is 8.34. The quantitative estimate of drug-likeness (QED) is 0.396. The van der Waals surface area contributed by atoms with Crippen LogP contribution in [-0.2, 0) is 9.59 Å². The van der Waals surface area contributed by atoms with E-state index in [1.807, 2.05) is 35.6 Å². The molecule has 0 spiro atoms. The van der Waals surface area contributed by atoms with E-state index >= 15 is 0 Å². The van der Waals surface area contributed by atoms with Crippen LogP contribution >= 0.6 is 0 Å². The fourth-order valence-electron chi connectivity index (χ4n) is 5.19. The van der Waals surface area contributed by atoms with Gasteiger partial charge in [-0.2, -0.15) is 26.3 Å². The molecule has 0 aliphatic carbocycles. The topological polar surface area (TPSA) is 61.4 Å². The van der Waals surface area contributed by atoms with E-state index in [0.717, 1.165) is 11.1 Å². The highest BCUT2D eigenvalue weighted by Gasteiger charge is 2.46. The monoisotopic (exact) mass is 541 g/mol. The maximum atomic E-state index is 13.0. The second-order valence-electron chi connectivity index (χ2n) is 9.92. The predicted molar refractivity (Wildman–Crippen MR) is 128 cm³/mol. The van der Waals surface area contributed by atoms with Crippen LogP contribution in [0.25, 0.3) is 0 Å². The number of rotatable bonds is 6. The van der Waals surface area contributed by atoms with Gasteiger partial charge in [-0.15, -0.1) is 0 Å². The summed E-state index contributed by atoms with van der Waals surface area (Å²) in [7, 11) is 0. The van der Waals surface area contributed by atoms with E-state index in [1.165, 1.54) is 4.90 Å². The highest BCUT2D eigenvalue weighted by atomic mass is 19.4. The van der Waals surface area contributed by atoms with E-state index in [0.29, 0.717) is 31.5 Å². The van der Waals surface area contributed by atoms with E-state index in [2.05, 4.69) is 5.32 Å². The lowest BCUT2D eigenvalue weighted by Gasteiger charge is -2.33. The Morgan fingerprint density at radius 1 is 0.895 bits per heavy atom. The molecule has 5 nitrogen and oxygen atoms in total. The number of alkyl halides is 6. The van der Waals surface area contributed by atoms with Crippen LogP contribution < -0.4 is 10.6 Å². The van der Waals surface area contributed by atoms with Crippen LogP contribution in [0.15, 0.2) is 54.6 Å². The van der Waals surface area contributed by atoms with E-state index in [-0.39, 0.29) is 18.8 Å². The van der Waals surface area contributed by atoms with Gasteiger partial charge in [-0.25, -0.2) is 0 Å². The van der Waals surface area contributed by atoms with Crippen molar-refractivity contribution in [3.8, 4) is 0 Å². The minimum Gasteiger partial charge on any atom is -0.344 e. The number of carbonyl (C=O) groups excluding carboxylic acids is 2. The highest BCUT2D eigenvalue weighted by Crippen LogP contribution is 2.32. The summed E-state index contributed by atoms with van der Waals surface area (Å²) in [4.78, 5) is 26.8. The molecule has 2 saturated heterocycles. The molecule has 2 aromatic rings. The lowest BCUT2D eigenvalue weighted by Crippen LogP contribution is -2.54. The Hall–Kier alpha value is -3.08. The Bertz CT molecular complexity index is 1100. The number of hydrogen-bond donors (Lipinski definition) is 2. The van der Waals surface area contributed by atoms with Crippen LogP contribution in [0.3, 0.4) is 0 Å². The number of nitrogens with one attached hydrogen (secondary N) is 2. The minimum atomic E-state index is -4.57. The molecule has 38 heavy (non-hydrogen) atoms. The Labute approximate surface area is 216 Å². The number of piperidine rings is 2. The zero-order chi connectivity index (χ0) is 27.5. The molecule has 4 rings (SSSR count).